The normalized spacial score (nSPS) is 13.2. The van der Waals surface area contributed by atoms with Crippen LogP contribution < -0.4 is 0 Å². The Morgan fingerprint density at radius 1 is 0.960 bits per heavy atom. The lowest BCUT2D eigenvalue weighted by Crippen LogP contribution is -2.33. The number of halogens is 2. The molecule has 0 saturated heterocycles. The molecule has 1 atom stereocenters. The molecule has 0 aliphatic rings. The molecule has 1 aromatic carbocycles. The minimum Gasteiger partial charge on any atom is -0.379 e. The van der Waals surface area contributed by atoms with E-state index in [-0.39, 0.29) is 5.60 Å². The highest BCUT2D eigenvalue weighted by atomic mass is 19.1. The Balaban J connectivity index is 2.45. The summed E-state index contributed by atoms with van der Waals surface area (Å²) in [6, 6.07) is 3.88. The van der Waals surface area contributed by atoms with Crippen LogP contribution in [0.2, 0.25) is 0 Å². The van der Waals surface area contributed by atoms with Gasteiger partial charge in [-0.2, -0.15) is 0 Å². The second kappa shape index (κ2) is 11.6. The van der Waals surface area contributed by atoms with Gasteiger partial charge in [0.2, 0.25) is 0 Å². The molecule has 0 saturated carbocycles. The summed E-state index contributed by atoms with van der Waals surface area (Å²) >= 11 is 0. The minimum absolute atomic E-state index is 0.162. The number of rotatable bonds is 13. The first kappa shape index (κ1) is 22.1. The standard InChI is InChI=1S/C22H36F2O/c1-5-6-7-8-9-10-13-19(22(2,3)25-4)14-11-12-18-15-16-20(23)17-21(18)24/h15-17,19H,5-14H2,1-4H3. The number of benzene rings is 1. The topological polar surface area (TPSA) is 9.23 Å². The third kappa shape index (κ3) is 8.31. The summed E-state index contributed by atoms with van der Waals surface area (Å²) < 4.78 is 32.5. The first-order chi connectivity index (χ1) is 11.9. The van der Waals surface area contributed by atoms with Crippen LogP contribution in [-0.2, 0) is 11.2 Å². The van der Waals surface area contributed by atoms with Gasteiger partial charge in [-0.1, -0.05) is 51.5 Å². The first-order valence-corrected chi connectivity index (χ1v) is 9.89. The van der Waals surface area contributed by atoms with Crippen LogP contribution in [0.4, 0.5) is 8.78 Å². The summed E-state index contributed by atoms with van der Waals surface area (Å²) in [4.78, 5) is 0. The number of unbranched alkanes of at least 4 members (excludes halogenated alkanes) is 5. The van der Waals surface area contributed by atoms with Crippen LogP contribution in [0.25, 0.3) is 0 Å². The lowest BCUT2D eigenvalue weighted by molar-refractivity contribution is -0.0350. The van der Waals surface area contributed by atoms with E-state index in [1.54, 1.807) is 13.2 Å². The molecule has 1 nitrogen and oxygen atoms in total. The number of ether oxygens (including phenoxy) is 1. The fraction of sp³-hybridized carbons (Fsp3) is 0.727. The van der Waals surface area contributed by atoms with Crippen LogP contribution in [0.5, 0.6) is 0 Å². The number of hydrogen-bond donors (Lipinski definition) is 0. The van der Waals surface area contributed by atoms with E-state index < -0.39 is 11.6 Å². The molecule has 0 aliphatic heterocycles. The van der Waals surface area contributed by atoms with E-state index >= 15 is 0 Å². The average Bonchev–Trinajstić information content (AvgIpc) is 2.57. The van der Waals surface area contributed by atoms with Crippen molar-refractivity contribution in [3.63, 3.8) is 0 Å². The summed E-state index contributed by atoms with van der Waals surface area (Å²) in [6.45, 7) is 6.53. The van der Waals surface area contributed by atoms with Crippen LogP contribution >= 0.6 is 0 Å². The molecular weight excluding hydrogens is 318 g/mol. The highest BCUT2D eigenvalue weighted by Gasteiger charge is 2.28. The highest BCUT2D eigenvalue weighted by molar-refractivity contribution is 5.18. The van der Waals surface area contributed by atoms with Crippen molar-refractivity contribution in [2.75, 3.05) is 7.11 Å². The van der Waals surface area contributed by atoms with E-state index in [1.807, 2.05) is 0 Å². The fourth-order valence-electron chi connectivity index (χ4n) is 3.44. The average molecular weight is 355 g/mol. The van der Waals surface area contributed by atoms with E-state index in [2.05, 4.69) is 20.8 Å². The van der Waals surface area contributed by atoms with Crippen molar-refractivity contribution in [3.05, 3.63) is 35.4 Å². The van der Waals surface area contributed by atoms with Gasteiger partial charge in [-0.25, -0.2) is 8.78 Å². The molecular formula is C22H36F2O. The first-order valence-electron chi connectivity index (χ1n) is 9.89. The molecule has 3 heteroatoms. The van der Waals surface area contributed by atoms with Gasteiger partial charge < -0.3 is 4.74 Å². The Bertz CT molecular complexity index is 485. The van der Waals surface area contributed by atoms with Gasteiger partial charge >= 0.3 is 0 Å². The smallest absolute Gasteiger partial charge is 0.129 e. The predicted molar refractivity (Wildman–Crippen MR) is 102 cm³/mol. The van der Waals surface area contributed by atoms with E-state index in [0.29, 0.717) is 17.9 Å². The van der Waals surface area contributed by atoms with Gasteiger partial charge in [-0.05, 0) is 57.1 Å². The van der Waals surface area contributed by atoms with Crippen molar-refractivity contribution in [1.29, 1.82) is 0 Å². The van der Waals surface area contributed by atoms with Crippen molar-refractivity contribution in [3.8, 4) is 0 Å². The lowest BCUT2D eigenvalue weighted by Gasteiger charge is -2.33. The monoisotopic (exact) mass is 354 g/mol. The van der Waals surface area contributed by atoms with Crippen LogP contribution in [0.3, 0.4) is 0 Å². The molecule has 0 aliphatic carbocycles. The van der Waals surface area contributed by atoms with E-state index in [1.165, 1.54) is 44.6 Å². The summed E-state index contributed by atoms with van der Waals surface area (Å²) in [5.74, 6) is -0.478. The number of methoxy groups -OCH3 is 1. The van der Waals surface area contributed by atoms with Crippen LogP contribution in [0.1, 0.15) is 84.1 Å². The third-order valence-electron chi connectivity index (χ3n) is 5.43. The zero-order valence-electron chi connectivity index (χ0n) is 16.5. The number of hydrogen-bond acceptors (Lipinski definition) is 1. The van der Waals surface area contributed by atoms with E-state index in [0.717, 1.165) is 25.3 Å². The second-order valence-corrected chi connectivity index (χ2v) is 7.69. The van der Waals surface area contributed by atoms with Crippen LogP contribution in [0.15, 0.2) is 18.2 Å². The molecule has 0 amide bonds. The van der Waals surface area contributed by atoms with Gasteiger partial charge in [0.1, 0.15) is 11.6 Å². The van der Waals surface area contributed by atoms with Gasteiger partial charge in [-0.3, -0.25) is 0 Å². The highest BCUT2D eigenvalue weighted by Crippen LogP contribution is 2.31. The largest absolute Gasteiger partial charge is 0.379 e. The van der Waals surface area contributed by atoms with Crippen LogP contribution in [0, 0.1) is 17.6 Å². The minimum atomic E-state index is -0.511. The molecule has 1 unspecified atom stereocenters. The Kier molecular flexibility index (Phi) is 10.3. The number of aryl methyl sites for hydroxylation is 1. The third-order valence-corrected chi connectivity index (χ3v) is 5.43. The fourth-order valence-corrected chi connectivity index (χ4v) is 3.44. The molecule has 0 radical (unpaired) electrons. The zero-order chi connectivity index (χ0) is 18.7. The Morgan fingerprint density at radius 3 is 2.24 bits per heavy atom. The van der Waals surface area contributed by atoms with Crippen molar-refractivity contribution < 1.29 is 13.5 Å². The van der Waals surface area contributed by atoms with Crippen molar-refractivity contribution in [2.45, 2.75) is 90.6 Å². The van der Waals surface area contributed by atoms with Gasteiger partial charge in [0, 0.05) is 13.2 Å². The maximum absolute atomic E-state index is 13.8. The molecule has 0 N–H and O–H groups in total. The maximum atomic E-state index is 13.8. The summed E-state index contributed by atoms with van der Waals surface area (Å²) in [5, 5.41) is 0. The summed E-state index contributed by atoms with van der Waals surface area (Å²) in [6.07, 6.45) is 11.5. The summed E-state index contributed by atoms with van der Waals surface area (Å²) in [7, 11) is 1.77. The molecule has 1 rings (SSSR count). The molecule has 0 bridgehead atoms. The van der Waals surface area contributed by atoms with Crippen molar-refractivity contribution >= 4 is 0 Å². The Morgan fingerprint density at radius 2 is 1.60 bits per heavy atom. The SMILES string of the molecule is CCCCCCCCC(CCCc1ccc(F)cc1F)C(C)(C)OC. The van der Waals surface area contributed by atoms with Gasteiger partial charge in [0.05, 0.1) is 5.60 Å². The molecule has 0 heterocycles. The summed E-state index contributed by atoms with van der Waals surface area (Å²) in [5.41, 5.74) is 0.444. The van der Waals surface area contributed by atoms with Gasteiger partial charge in [0.15, 0.2) is 0 Å². The van der Waals surface area contributed by atoms with Crippen molar-refractivity contribution in [2.24, 2.45) is 5.92 Å². The molecule has 0 spiro atoms. The van der Waals surface area contributed by atoms with Crippen LogP contribution in [-0.4, -0.2) is 12.7 Å². The predicted octanol–water partition coefficient (Wildman–Crippen LogP) is 7.08. The molecule has 0 fully saturated rings. The van der Waals surface area contributed by atoms with Gasteiger partial charge in [0.25, 0.3) is 0 Å². The van der Waals surface area contributed by atoms with Gasteiger partial charge in [-0.15, -0.1) is 0 Å². The van der Waals surface area contributed by atoms with E-state index in [4.69, 9.17) is 4.74 Å². The molecule has 0 aromatic heterocycles. The molecule has 1 aromatic rings. The maximum Gasteiger partial charge on any atom is 0.129 e. The Labute approximate surface area is 153 Å². The van der Waals surface area contributed by atoms with E-state index in [9.17, 15) is 8.78 Å². The second-order valence-electron chi connectivity index (χ2n) is 7.69. The van der Waals surface area contributed by atoms with Crippen molar-refractivity contribution in [1.82, 2.24) is 0 Å². The Hall–Kier alpha value is -0.960. The lowest BCUT2D eigenvalue weighted by atomic mass is 9.82. The molecule has 144 valence electrons. The quantitative estimate of drug-likeness (QED) is 0.344. The molecule has 25 heavy (non-hydrogen) atoms. The zero-order valence-corrected chi connectivity index (χ0v) is 16.5.